The monoisotopic (exact) mass is 590 g/mol. The van der Waals surface area contributed by atoms with Crippen LogP contribution >= 0.6 is 0 Å². The van der Waals surface area contributed by atoms with Crippen molar-refractivity contribution in [2.75, 3.05) is 26.6 Å². The highest BCUT2D eigenvalue weighted by Crippen LogP contribution is 2.46. The van der Waals surface area contributed by atoms with Crippen molar-refractivity contribution < 1.29 is 27.0 Å². The summed E-state index contributed by atoms with van der Waals surface area (Å²) < 4.78 is 64.9. The number of halogens is 4. The Morgan fingerprint density at radius 3 is 2.07 bits per heavy atom. The lowest BCUT2D eigenvalue weighted by atomic mass is 9.63. The highest BCUT2D eigenvalue weighted by molar-refractivity contribution is 5.28. The molecule has 4 atom stereocenters. The zero-order valence-corrected chi connectivity index (χ0v) is 25.6. The van der Waals surface area contributed by atoms with Gasteiger partial charge in [0, 0.05) is 6.61 Å². The lowest BCUT2D eigenvalue weighted by molar-refractivity contribution is 0.0921. The highest BCUT2D eigenvalue weighted by Gasteiger charge is 2.35. The largest absolute Gasteiger partial charge is 0.486 e. The van der Waals surface area contributed by atoms with E-state index in [9.17, 15) is 17.6 Å². The summed E-state index contributed by atoms with van der Waals surface area (Å²) in [5.74, 6) is 1.46. The molecule has 0 heterocycles. The molecule has 2 fully saturated rings. The van der Waals surface area contributed by atoms with Gasteiger partial charge >= 0.3 is 0 Å². The zero-order valence-electron chi connectivity index (χ0n) is 25.6. The molecule has 2 aliphatic rings. The molecule has 0 spiro atoms. The normalized spacial score (nSPS) is 24.0. The van der Waals surface area contributed by atoms with Gasteiger partial charge in [-0.15, -0.1) is 0 Å². The summed E-state index contributed by atoms with van der Waals surface area (Å²) in [4.78, 5) is 0. The van der Waals surface area contributed by atoms with Gasteiger partial charge in [-0.3, -0.25) is 0 Å². The topological polar surface area (TPSA) is 18.5 Å². The first-order valence-electron chi connectivity index (χ1n) is 16.0. The summed E-state index contributed by atoms with van der Waals surface area (Å²) in [6.07, 6.45) is 19.2. The molecule has 0 aromatic heterocycles. The van der Waals surface area contributed by atoms with Crippen molar-refractivity contribution in [1.29, 1.82) is 0 Å². The van der Waals surface area contributed by atoms with E-state index in [0.717, 1.165) is 35.7 Å². The maximum Gasteiger partial charge on any atom is 0.173 e. The first-order valence-corrected chi connectivity index (χ1v) is 16.0. The van der Waals surface area contributed by atoms with Gasteiger partial charge in [0.1, 0.15) is 25.8 Å². The van der Waals surface area contributed by atoms with Crippen LogP contribution in [0.3, 0.4) is 0 Å². The first kappa shape index (κ1) is 34.2. The second kappa shape index (κ2) is 19.0. The van der Waals surface area contributed by atoms with Crippen LogP contribution in [-0.4, -0.2) is 26.6 Å². The molecule has 0 amide bonds. The van der Waals surface area contributed by atoms with Crippen molar-refractivity contribution in [3.05, 3.63) is 82.7 Å². The molecule has 0 aliphatic heterocycles. The van der Waals surface area contributed by atoms with E-state index >= 15 is 0 Å². The van der Waals surface area contributed by atoms with Crippen LogP contribution in [-0.2, 0) is 22.5 Å². The second-order valence-corrected chi connectivity index (χ2v) is 11.9. The Hall–Kier alpha value is -2.34. The number of allylic oxidation sites excluding steroid dienone is 6. The van der Waals surface area contributed by atoms with E-state index in [4.69, 9.17) is 9.47 Å². The average Bonchev–Trinajstić information content (AvgIpc) is 3.02. The summed E-state index contributed by atoms with van der Waals surface area (Å²) in [6.45, 7) is 2.45. The molecule has 1 aromatic rings. The van der Waals surface area contributed by atoms with Crippen molar-refractivity contribution in [3.8, 4) is 0 Å². The standard InChI is InChI=1S/C36H50F4O2/c1-3-7-28-17-19-33-23-29(18-20-32(33)22-28)14-11-27-12-15-30(16-13-27)26-42-36(35(40)25-38)10-5-8-31(34(39)24-37)9-6-21-41-4-2/h5-6,9-10,12-13,15-16,28-29,32-33H,3-4,7-8,11,14,17-26H2,1-2H3/b9-6-,10-5-,34-31+,36-35-. The minimum Gasteiger partial charge on any atom is -0.486 e. The van der Waals surface area contributed by atoms with Gasteiger partial charge in [0.2, 0.25) is 0 Å². The van der Waals surface area contributed by atoms with E-state index < -0.39 is 25.0 Å². The fraction of sp³-hybridized carbons (Fsp3) is 0.611. The first-order chi connectivity index (χ1) is 20.5. The summed E-state index contributed by atoms with van der Waals surface area (Å²) in [5.41, 5.74) is 2.24. The van der Waals surface area contributed by atoms with Gasteiger partial charge in [-0.1, -0.05) is 75.1 Å². The van der Waals surface area contributed by atoms with Crippen molar-refractivity contribution in [2.24, 2.45) is 23.7 Å². The van der Waals surface area contributed by atoms with Crippen LogP contribution in [0.1, 0.15) is 89.2 Å². The third-order valence-corrected chi connectivity index (χ3v) is 8.98. The number of rotatable bonds is 17. The van der Waals surface area contributed by atoms with Gasteiger partial charge in [-0.25, -0.2) is 17.6 Å². The Morgan fingerprint density at radius 2 is 1.45 bits per heavy atom. The summed E-state index contributed by atoms with van der Waals surface area (Å²) in [6, 6.07) is 8.12. The summed E-state index contributed by atoms with van der Waals surface area (Å²) in [7, 11) is 0. The average molecular weight is 591 g/mol. The van der Waals surface area contributed by atoms with Crippen molar-refractivity contribution in [2.45, 2.75) is 91.1 Å². The zero-order chi connectivity index (χ0) is 30.2. The summed E-state index contributed by atoms with van der Waals surface area (Å²) in [5, 5.41) is 0. The van der Waals surface area contributed by atoms with E-state index in [0.29, 0.717) is 6.61 Å². The van der Waals surface area contributed by atoms with Crippen LogP contribution in [0, 0.1) is 23.7 Å². The summed E-state index contributed by atoms with van der Waals surface area (Å²) >= 11 is 0. The fourth-order valence-electron chi connectivity index (χ4n) is 6.66. The molecule has 6 heteroatoms. The maximum absolute atomic E-state index is 14.2. The number of benzene rings is 1. The fourth-order valence-corrected chi connectivity index (χ4v) is 6.66. The maximum atomic E-state index is 14.2. The van der Waals surface area contributed by atoms with Crippen molar-refractivity contribution in [1.82, 2.24) is 0 Å². The van der Waals surface area contributed by atoms with Gasteiger partial charge in [-0.2, -0.15) is 0 Å². The molecule has 2 nitrogen and oxygen atoms in total. The minimum absolute atomic E-state index is 0.00126. The van der Waals surface area contributed by atoms with Crippen molar-refractivity contribution in [3.63, 3.8) is 0 Å². The second-order valence-electron chi connectivity index (χ2n) is 11.9. The molecule has 0 saturated heterocycles. The Labute approximate surface area is 250 Å². The predicted molar refractivity (Wildman–Crippen MR) is 164 cm³/mol. The molecule has 2 saturated carbocycles. The Kier molecular flexibility index (Phi) is 15.5. The van der Waals surface area contributed by atoms with Gasteiger partial charge < -0.3 is 9.47 Å². The van der Waals surface area contributed by atoms with E-state index in [1.165, 1.54) is 81.6 Å². The number of aryl methyl sites for hydroxylation is 1. The molecular formula is C36H50F4O2. The number of hydrogen-bond acceptors (Lipinski definition) is 2. The van der Waals surface area contributed by atoms with E-state index in [1.54, 1.807) is 6.08 Å². The molecule has 0 radical (unpaired) electrons. The quantitative estimate of drug-likeness (QED) is 0.0778. The van der Waals surface area contributed by atoms with Crippen LogP contribution in [0.15, 0.2) is 71.6 Å². The molecule has 1 aromatic carbocycles. The number of alkyl halides is 2. The van der Waals surface area contributed by atoms with E-state index in [2.05, 4.69) is 19.1 Å². The highest BCUT2D eigenvalue weighted by atomic mass is 19.2. The predicted octanol–water partition coefficient (Wildman–Crippen LogP) is 10.7. The molecule has 0 bridgehead atoms. The van der Waals surface area contributed by atoms with Crippen LogP contribution in [0.25, 0.3) is 0 Å². The third kappa shape index (κ3) is 11.4. The van der Waals surface area contributed by atoms with Crippen molar-refractivity contribution >= 4 is 0 Å². The van der Waals surface area contributed by atoms with Gasteiger partial charge in [0.25, 0.3) is 0 Å². The number of fused-ring (bicyclic) bond motifs is 1. The van der Waals surface area contributed by atoms with Gasteiger partial charge in [-0.05, 0) is 98.3 Å². The molecule has 2 aliphatic carbocycles. The Balaban J connectivity index is 1.47. The van der Waals surface area contributed by atoms with Crippen LogP contribution in [0.2, 0.25) is 0 Å². The molecular weight excluding hydrogens is 540 g/mol. The third-order valence-electron chi connectivity index (χ3n) is 8.98. The van der Waals surface area contributed by atoms with Gasteiger partial charge in [0.15, 0.2) is 11.6 Å². The SMILES string of the molecule is CCCC1CCC2CC(CCc3ccc(COC(/C=C\CC(/C=C\COCC)=C(\F)CF)=C(\F)CF)cc3)CCC2C1. The molecule has 4 unspecified atom stereocenters. The molecule has 3 rings (SSSR count). The molecule has 42 heavy (non-hydrogen) atoms. The Morgan fingerprint density at radius 1 is 0.810 bits per heavy atom. The van der Waals surface area contributed by atoms with Crippen LogP contribution in [0.4, 0.5) is 17.6 Å². The van der Waals surface area contributed by atoms with Gasteiger partial charge in [0.05, 0.1) is 6.61 Å². The van der Waals surface area contributed by atoms with E-state index in [1.807, 2.05) is 19.1 Å². The lowest BCUT2D eigenvalue weighted by Gasteiger charge is -2.42. The Bertz CT molecular complexity index is 1040. The number of hydrogen-bond donors (Lipinski definition) is 0. The number of ether oxygens (including phenoxy) is 2. The van der Waals surface area contributed by atoms with Crippen LogP contribution < -0.4 is 0 Å². The minimum atomic E-state index is -1.31. The molecule has 234 valence electrons. The lowest BCUT2D eigenvalue weighted by Crippen LogP contribution is -2.31. The van der Waals surface area contributed by atoms with Crippen LogP contribution in [0.5, 0.6) is 0 Å². The smallest absolute Gasteiger partial charge is 0.173 e. The van der Waals surface area contributed by atoms with E-state index in [-0.39, 0.29) is 31.0 Å². The molecule has 0 N–H and O–H groups in total.